The highest BCUT2D eigenvalue weighted by Gasteiger charge is 2.29. The minimum atomic E-state index is 0.276. The number of halogens is 1. The number of thiophene rings is 1. The van der Waals surface area contributed by atoms with Gasteiger partial charge in [0.25, 0.3) is 0 Å². The predicted octanol–water partition coefficient (Wildman–Crippen LogP) is 3.51. The predicted molar refractivity (Wildman–Crippen MR) is 81.6 cm³/mol. The number of aryl methyl sites for hydroxylation is 1. The molecule has 0 saturated carbocycles. The second-order valence-corrected chi connectivity index (χ2v) is 6.83. The molecule has 0 spiro atoms. The van der Waals surface area contributed by atoms with Crippen LogP contribution in [0.15, 0.2) is 36.4 Å². The summed E-state index contributed by atoms with van der Waals surface area (Å²) < 4.78 is 0.845. The molecule has 0 fully saturated rings. The Morgan fingerprint density at radius 1 is 1.32 bits per heavy atom. The molecule has 3 rings (SSSR count). The molecule has 1 aromatic carbocycles. The summed E-state index contributed by atoms with van der Waals surface area (Å²) in [6.45, 7) is 0. The minimum absolute atomic E-state index is 0.276. The van der Waals surface area contributed by atoms with Crippen molar-refractivity contribution in [3.05, 3.63) is 56.7 Å². The molecule has 2 atom stereocenters. The molecule has 0 saturated heterocycles. The van der Waals surface area contributed by atoms with E-state index >= 15 is 0 Å². The van der Waals surface area contributed by atoms with Crippen molar-refractivity contribution < 1.29 is 0 Å². The van der Waals surface area contributed by atoms with Gasteiger partial charge in [0.15, 0.2) is 0 Å². The van der Waals surface area contributed by atoms with Crippen LogP contribution in [0.25, 0.3) is 0 Å². The highest BCUT2D eigenvalue weighted by atomic mass is 35.5. The number of hydrogen-bond acceptors (Lipinski definition) is 3. The molecule has 100 valence electrons. The van der Waals surface area contributed by atoms with E-state index < -0.39 is 0 Å². The van der Waals surface area contributed by atoms with Gasteiger partial charge in [-0.1, -0.05) is 35.9 Å². The molecule has 4 heteroatoms. The molecule has 1 aliphatic carbocycles. The van der Waals surface area contributed by atoms with Gasteiger partial charge in [-0.05, 0) is 42.5 Å². The molecule has 19 heavy (non-hydrogen) atoms. The summed E-state index contributed by atoms with van der Waals surface area (Å²) in [6.07, 6.45) is 3.27. The third kappa shape index (κ3) is 2.70. The first kappa shape index (κ1) is 13.1. The average Bonchev–Trinajstić information content (AvgIpc) is 3.02. The van der Waals surface area contributed by atoms with Gasteiger partial charge in [-0.25, -0.2) is 0 Å². The van der Waals surface area contributed by atoms with Crippen LogP contribution in [0, 0.1) is 0 Å². The summed E-state index contributed by atoms with van der Waals surface area (Å²) in [6, 6.07) is 13.0. The number of nitrogens with two attached hydrogens (primary N) is 1. The van der Waals surface area contributed by atoms with Crippen LogP contribution in [0.2, 0.25) is 4.34 Å². The van der Waals surface area contributed by atoms with Crippen molar-refractivity contribution in [1.29, 1.82) is 0 Å². The third-order valence-electron chi connectivity index (χ3n) is 3.93. The second kappa shape index (κ2) is 5.63. The van der Waals surface area contributed by atoms with Crippen LogP contribution >= 0.6 is 22.9 Å². The average molecular weight is 293 g/mol. The van der Waals surface area contributed by atoms with Crippen molar-refractivity contribution in [2.75, 3.05) is 0 Å². The molecule has 2 nitrogen and oxygen atoms in total. The maximum Gasteiger partial charge on any atom is 0.0931 e. The first-order valence-corrected chi connectivity index (χ1v) is 7.75. The lowest BCUT2D eigenvalue weighted by Gasteiger charge is -2.23. The van der Waals surface area contributed by atoms with Gasteiger partial charge < -0.3 is 0 Å². The number of hydrogen-bond donors (Lipinski definition) is 2. The van der Waals surface area contributed by atoms with E-state index in [1.165, 1.54) is 22.4 Å². The fraction of sp³-hybridized carbons (Fsp3) is 0.333. The van der Waals surface area contributed by atoms with Crippen LogP contribution in [-0.4, -0.2) is 6.04 Å². The zero-order valence-electron chi connectivity index (χ0n) is 10.6. The Hall–Kier alpha value is -0.870. The molecule has 3 N–H and O–H groups in total. The van der Waals surface area contributed by atoms with Crippen LogP contribution in [0.3, 0.4) is 0 Å². The van der Waals surface area contributed by atoms with Gasteiger partial charge in [-0.2, -0.15) is 0 Å². The van der Waals surface area contributed by atoms with Crippen LogP contribution < -0.4 is 11.3 Å². The van der Waals surface area contributed by atoms with E-state index in [1.54, 1.807) is 11.3 Å². The van der Waals surface area contributed by atoms with Crippen LogP contribution in [0.4, 0.5) is 0 Å². The zero-order valence-corrected chi connectivity index (χ0v) is 12.2. The normalized spacial score (nSPS) is 19.4. The molecule has 1 aliphatic rings. The first-order valence-electron chi connectivity index (χ1n) is 6.56. The van der Waals surface area contributed by atoms with E-state index in [0.717, 1.165) is 17.2 Å². The standard InChI is InChI=1S/C15H17ClN2S/c16-15-8-6-11(19-15)9-14(18-17)13-7-5-10-3-1-2-4-12(10)13/h1-4,6,8,13-14,18H,5,7,9,17H2. The molecule has 1 heterocycles. The van der Waals surface area contributed by atoms with Gasteiger partial charge in [-0.15, -0.1) is 11.3 Å². The first-order chi connectivity index (χ1) is 9.28. The van der Waals surface area contributed by atoms with Crippen molar-refractivity contribution in [3.8, 4) is 0 Å². The maximum absolute atomic E-state index is 5.99. The smallest absolute Gasteiger partial charge is 0.0931 e. The Bertz CT molecular complexity index is 567. The Morgan fingerprint density at radius 2 is 2.16 bits per heavy atom. The number of nitrogens with one attached hydrogen (secondary N) is 1. The number of benzene rings is 1. The fourth-order valence-corrected chi connectivity index (χ4v) is 4.15. The zero-order chi connectivity index (χ0) is 13.2. The Kier molecular flexibility index (Phi) is 3.89. The molecule has 1 aromatic heterocycles. The van der Waals surface area contributed by atoms with Gasteiger partial charge in [0.05, 0.1) is 4.34 Å². The lowest BCUT2D eigenvalue weighted by Crippen LogP contribution is -2.40. The molecular weight excluding hydrogens is 276 g/mol. The lowest BCUT2D eigenvalue weighted by molar-refractivity contribution is 0.436. The van der Waals surface area contributed by atoms with E-state index in [4.69, 9.17) is 17.4 Å². The van der Waals surface area contributed by atoms with Gasteiger partial charge in [-0.3, -0.25) is 11.3 Å². The molecule has 0 bridgehead atoms. The monoisotopic (exact) mass is 292 g/mol. The molecule has 2 unspecified atom stereocenters. The van der Waals surface area contributed by atoms with E-state index in [9.17, 15) is 0 Å². The Labute approximate surface area is 122 Å². The summed E-state index contributed by atoms with van der Waals surface area (Å²) in [4.78, 5) is 1.29. The highest BCUT2D eigenvalue weighted by Crippen LogP contribution is 2.36. The summed E-state index contributed by atoms with van der Waals surface area (Å²) in [7, 11) is 0. The quantitative estimate of drug-likeness (QED) is 0.668. The van der Waals surface area contributed by atoms with Crippen LogP contribution in [0.1, 0.15) is 28.3 Å². The van der Waals surface area contributed by atoms with Gasteiger partial charge in [0, 0.05) is 16.8 Å². The highest BCUT2D eigenvalue weighted by molar-refractivity contribution is 7.16. The van der Waals surface area contributed by atoms with Crippen molar-refractivity contribution in [2.45, 2.75) is 31.2 Å². The van der Waals surface area contributed by atoms with E-state index in [1.807, 2.05) is 6.07 Å². The molecule has 0 amide bonds. The topological polar surface area (TPSA) is 38.0 Å². The van der Waals surface area contributed by atoms with Crippen molar-refractivity contribution in [2.24, 2.45) is 5.84 Å². The number of fused-ring (bicyclic) bond motifs is 1. The summed E-state index contributed by atoms with van der Waals surface area (Å²) in [5.74, 6) is 6.29. The van der Waals surface area contributed by atoms with E-state index in [-0.39, 0.29) is 6.04 Å². The third-order valence-corrected chi connectivity index (χ3v) is 5.18. The molecule has 2 aromatic rings. The van der Waals surface area contributed by atoms with E-state index in [2.05, 4.69) is 35.8 Å². The lowest BCUT2D eigenvalue weighted by atomic mass is 9.91. The summed E-state index contributed by atoms with van der Waals surface area (Å²) >= 11 is 7.64. The number of hydrazine groups is 1. The second-order valence-electron chi connectivity index (χ2n) is 5.03. The van der Waals surface area contributed by atoms with Crippen molar-refractivity contribution in [3.63, 3.8) is 0 Å². The van der Waals surface area contributed by atoms with Gasteiger partial charge in [0.2, 0.25) is 0 Å². The SMILES string of the molecule is NNC(Cc1ccc(Cl)s1)C1CCc2ccccc21. The molecule has 0 radical (unpaired) electrons. The maximum atomic E-state index is 5.99. The Morgan fingerprint density at radius 3 is 2.89 bits per heavy atom. The fourth-order valence-electron chi connectivity index (χ4n) is 3.00. The summed E-state index contributed by atoms with van der Waals surface area (Å²) in [5.41, 5.74) is 5.93. The summed E-state index contributed by atoms with van der Waals surface area (Å²) in [5, 5.41) is 0. The van der Waals surface area contributed by atoms with Crippen molar-refractivity contribution in [1.82, 2.24) is 5.43 Å². The largest absolute Gasteiger partial charge is 0.271 e. The Balaban J connectivity index is 1.80. The van der Waals surface area contributed by atoms with Gasteiger partial charge >= 0.3 is 0 Å². The van der Waals surface area contributed by atoms with Gasteiger partial charge in [0.1, 0.15) is 0 Å². The molecular formula is C15H17ClN2S. The molecule has 0 aliphatic heterocycles. The van der Waals surface area contributed by atoms with Crippen LogP contribution in [-0.2, 0) is 12.8 Å². The number of rotatable bonds is 4. The van der Waals surface area contributed by atoms with E-state index in [0.29, 0.717) is 5.92 Å². The van der Waals surface area contributed by atoms with Crippen molar-refractivity contribution >= 4 is 22.9 Å². The van der Waals surface area contributed by atoms with Crippen LogP contribution in [0.5, 0.6) is 0 Å². The minimum Gasteiger partial charge on any atom is -0.271 e.